The standard InChI is InChI=1S/C12H14N4O2/c1-8(2)10-6-7-15(14-10)11-5-3-4-9(13)12(11)16(17)18/h3-8H,13H2,1-2H3. The van der Waals surface area contributed by atoms with Crippen LogP contribution in [0.2, 0.25) is 0 Å². The van der Waals surface area contributed by atoms with Crippen LogP contribution in [0.25, 0.3) is 5.69 Å². The summed E-state index contributed by atoms with van der Waals surface area (Å²) in [5, 5.41) is 15.4. The Kier molecular flexibility index (Phi) is 3.01. The van der Waals surface area contributed by atoms with E-state index in [1.807, 2.05) is 19.9 Å². The van der Waals surface area contributed by atoms with Crippen molar-refractivity contribution in [2.24, 2.45) is 0 Å². The van der Waals surface area contributed by atoms with Crippen LogP contribution >= 0.6 is 0 Å². The minimum absolute atomic E-state index is 0.115. The topological polar surface area (TPSA) is 87.0 Å². The maximum Gasteiger partial charge on any atom is 0.317 e. The van der Waals surface area contributed by atoms with Crippen LogP contribution in [0, 0.1) is 10.1 Å². The molecule has 0 unspecified atom stereocenters. The summed E-state index contributed by atoms with van der Waals surface area (Å²) in [5.41, 5.74) is 6.93. The van der Waals surface area contributed by atoms with E-state index in [4.69, 9.17) is 5.73 Å². The second-order valence-corrected chi connectivity index (χ2v) is 4.31. The van der Waals surface area contributed by atoms with E-state index < -0.39 is 4.92 Å². The van der Waals surface area contributed by atoms with E-state index in [-0.39, 0.29) is 17.3 Å². The van der Waals surface area contributed by atoms with E-state index in [0.29, 0.717) is 5.69 Å². The Morgan fingerprint density at radius 1 is 1.39 bits per heavy atom. The molecule has 0 aliphatic carbocycles. The summed E-state index contributed by atoms with van der Waals surface area (Å²) < 4.78 is 1.49. The van der Waals surface area contributed by atoms with Gasteiger partial charge in [-0.3, -0.25) is 10.1 Å². The van der Waals surface area contributed by atoms with Crippen molar-refractivity contribution in [2.45, 2.75) is 19.8 Å². The largest absolute Gasteiger partial charge is 0.393 e. The van der Waals surface area contributed by atoms with Crippen LogP contribution in [-0.4, -0.2) is 14.7 Å². The zero-order valence-corrected chi connectivity index (χ0v) is 10.2. The second-order valence-electron chi connectivity index (χ2n) is 4.31. The summed E-state index contributed by atoms with van der Waals surface area (Å²) in [7, 11) is 0. The molecule has 2 N–H and O–H groups in total. The Bertz CT molecular complexity index is 590. The number of para-hydroxylation sites is 1. The Morgan fingerprint density at radius 2 is 2.11 bits per heavy atom. The fourth-order valence-electron chi connectivity index (χ4n) is 1.71. The lowest BCUT2D eigenvalue weighted by atomic mass is 10.1. The lowest BCUT2D eigenvalue weighted by molar-refractivity contribution is -0.383. The average Bonchev–Trinajstić information content (AvgIpc) is 2.77. The van der Waals surface area contributed by atoms with E-state index in [1.54, 1.807) is 18.3 Å². The molecule has 0 fully saturated rings. The Hall–Kier alpha value is -2.37. The molecule has 1 aromatic carbocycles. The molecule has 1 heterocycles. The molecule has 0 atom stereocenters. The van der Waals surface area contributed by atoms with Gasteiger partial charge < -0.3 is 5.73 Å². The van der Waals surface area contributed by atoms with Crippen LogP contribution in [0.5, 0.6) is 0 Å². The minimum atomic E-state index is -0.485. The highest BCUT2D eigenvalue weighted by molar-refractivity contribution is 5.68. The van der Waals surface area contributed by atoms with Gasteiger partial charge in [-0.25, -0.2) is 4.68 Å². The number of rotatable bonds is 3. The van der Waals surface area contributed by atoms with Crippen molar-refractivity contribution in [3.05, 3.63) is 46.3 Å². The summed E-state index contributed by atoms with van der Waals surface area (Å²) in [6, 6.07) is 6.66. The number of nitro benzene ring substituents is 1. The summed E-state index contributed by atoms with van der Waals surface area (Å²) in [6.07, 6.45) is 1.71. The SMILES string of the molecule is CC(C)c1ccn(-c2cccc(N)c2[N+](=O)[O-])n1. The van der Waals surface area contributed by atoms with Crippen LogP contribution in [-0.2, 0) is 0 Å². The number of nitrogens with zero attached hydrogens (tertiary/aromatic N) is 3. The molecule has 0 bridgehead atoms. The van der Waals surface area contributed by atoms with E-state index in [2.05, 4.69) is 5.10 Å². The molecule has 0 aliphatic heterocycles. The molecule has 6 nitrogen and oxygen atoms in total. The van der Waals surface area contributed by atoms with Gasteiger partial charge in [0, 0.05) is 6.20 Å². The molecule has 2 aromatic rings. The first kappa shape index (κ1) is 12.1. The van der Waals surface area contributed by atoms with E-state index in [1.165, 1.54) is 10.7 Å². The predicted molar refractivity (Wildman–Crippen MR) is 68.7 cm³/mol. The first-order valence-corrected chi connectivity index (χ1v) is 5.59. The molecule has 6 heteroatoms. The number of nitro groups is 1. The van der Waals surface area contributed by atoms with Crippen molar-refractivity contribution in [3.63, 3.8) is 0 Å². The maximum absolute atomic E-state index is 11.0. The first-order valence-electron chi connectivity index (χ1n) is 5.59. The zero-order valence-electron chi connectivity index (χ0n) is 10.2. The molecular formula is C12H14N4O2. The molecule has 2 rings (SSSR count). The first-order chi connectivity index (χ1) is 8.50. The van der Waals surface area contributed by atoms with E-state index >= 15 is 0 Å². The number of aromatic nitrogens is 2. The highest BCUT2D eigenvalue weighted by atomic mass is 16.6. The molecule has 0 amide bonds. The number of hydrogen-bond acceptors (Lipinski definition) is 4. The van der Waals surface area contributed by atoms with Gasteiger partial charge in [0.15, 0.2) is 0 Å². The van der Waals surface area contributed by atoms with E-state index in [9.17, 15) is 10.1 Å². The quantitative estimate of drug-likeness (QED) is 0.512. The summed E-state index contributed by atoms with van der Waals surface area (Å²) in [6.45, 7) is 4.03. The maximum atomic E-state index is 11.0. The third-order valence-electron chi connectivity index (χ3n) is 2.68. The molecule has 0 aliphatic rings. The van der Waals surface area contributed by atoms with Gasteiger partial charge in [0.05, 0.1) is 10.6 Å². The number of nitrogens with two attached hydrogens (primary N) is 1. The van der Waals surface area contributed by atoms with Gasteiger partial charge in [-0.05, 0) is 24.1 Å². The van der Waals surface area contributed by atoms with Gasteiger partial charge >= 0.3 is 5.69 Å². The summed E-state index contributed by atoms with van der Waals surface area (Å²) >= 11 is 0. The van der Waals surface area contributed by atoms with Gasteiger partial charge in [-0.2, -0.15) is 5.10 Å². The average molecular weight is 246 g/mol. The number of anilines is 1. The molecule has 94 valence electrons. The lowest BCUT2D eigenvalue weighted by Gasteiger charge is -2.05. The molecule has 0 saturated heterocycles. The van der Waals surface area contributed by atoms with Crippen LogP contribution in [0.15, 0.2) is 30.5 Å². The summed E-state index contributed by atoms with van der Waals surface area (Å²) in [4.78, 5) is 10.6. The Labute approximate surface area is 104 Å². The minimum Gasteiger partial charge on any atom is -0.393 e. The molecule has 0 radical (unpaired) electrons. The van der Waals surface area contributed by atoms with Crippen molar-refractivity contribution < 1.29 is 4.92 Å². The molecule has 0 saturated carbocycles. The van der Waals surface area contributed by atoms with Crippen LogP contribution in [0.4, 0.5) is 11.4 Å². The number of nitrogen functional groups attached to an aromatic ring is 1. The molecule has 18 heavy (non-hydrogen) atoms. The number of hydrogen-bond donors (Lipinski definition) is 1. The van der Waals surface area contributed by atoms with Crippen molar-refractivity contribution in [3.8, 4) is 5.69 Å². The molecule has 1 aromatic heterocycles. The van der Waals surface area contributed by atoms with Crippen LogP contribution in [0.3, 0.4) is 0 Å². The van der Waals surface area contributed by atoms with Gasteiger partial charge in [-0.1, -0.05) is 19.9 Å². The highest BCUT2D eigenvalue weighted by Crippen LogP contribution is 2.29. The highest BCUT2D eigenvalue weighted by Gasteiger charge is 2.19. The number of benzene rings is 1. The van der Waals surface area contributed by atoms with E-state index in [0.717, 1.165) is 5.69 Å². The van der Waals surface area contributed by atoms with Crippen molar-refractivity contribution in [2.75, 3.05) is 5.73 Å². The fraction of sp³-hybridized carbons (Fsp3) is 0.250. The van der Waals surface area contributed by atoms with Crippen molar-refractivity contribution in [1.29, 1.82) is 0 Å². The van der Waals surface area contributed by atoms with Crippen LogP contribution < -0.4 is 5.73 Å². The lowest BCUT2D eigenvalue weighted by Crippen LogP contribution is -2.04. The van der Waals surface area contributed by atoms with Crippen molar-refractivity contribution in [1.82, 2.24) is 9.78 Å². The third-order valence-corrected chi connectivity index (χ3v) is 2.68. The zero-order chi connectivity index (χ0) is 13.3. The third kappa shape index (κ3) is 2.04. The normalized spacial score (nSPS) is 10.8. The monoisotopic (exact) mass is 246 g/mol. The Balaban J connectivity index is 2.56. The van der Waals surface area contributed by atoms with Gasteiger partial charge in [0.25, 0.3) is 0 Å². The second kappa shape index (κ2) is 4.48. The molecular weight excluding hydrogens is 232 g/mol. The van der Waals surface area contributed by atoms with Gasteiger partial charge in [-0.15, -0.1) is 0 Å². The smallest absolute Gasteiger partial charge is 0.317 e. The van der Waals surface area contributed by atoms with Crippen molar-refractivity contribution >= 4 is 11.4 Å². The predicted octanol–water partition coefficient (Wildman–Crippen LogP) is 2.49. The van der Waals surface area contributed by atoms with Gasteiger partial charge in [0.1, 0.15) is 11.4 Å². The Morgan fingerprint density at radius 3 is 2.67 bits per heavy atom. The summed E-state index contributed by atoms with van der Waals surface area (Å²) in [5.74, 6) is 0.270. The van der Waals surface area contributed by atoms with Gasteiger partial charge in [0.2, 0.25) is 0 Å². The molecule has 0 spiro atoms. The van der Waals surface area contributed by atoms with Crippen LogP contribution in [0.1, 0.15) is 25.5 Å². The fourth-order valence-corrected chi connectivity index (χ4v) is 1.71.